The summed E-state index contributed by atoms with van der Waals surface area (Å²) in [5.74, 6) is -0.202. The van der Waals surface area contributed by atoms with Crippen LogP contribution in [-0.2, 0) is 9.53 Å². The first kappa shape index (κ1) is 11.5. The number of hydrogen-bond donors (Lipinski definition) is 0. The predicted molar refractivity (Wildman–Crippen MR) is 49.9 cm³/mol. The van der Waals surface area contributed by atoms with Gasteiger partial charge in [0, 0.05) is 12.3 Å². The number of esters is 1. The molecule has 12 heavy (non-hydrogen) atoms. The van der Waals surface area contributed by atoms with Crippen LogP contribution in [0.2, 0.25) is 0 Å². The van der Waals surface area contributed by atoms with Gasteiger partial charge in [0.1, 0.15) is 0 Å². The molecular formula is C10H20O2. The van der Waals surface area contributed by atoms with Crippen molar-refractivity contribution in [3.05, 3.63) is 0 Å². The van der Waals surface area contributed by atoms with Gasteiger partial charge in [0.2, 0.25) is 0 Å². The lowest BCUT2D eigenvalue weighted by molar-refractivity contribution is -0.146. The van der Waals surface area contributed by atoms with Crippen molar-refractivity contribution in [1.29, 1.82) is 0 Å². The van der Waals surface area contributed by atoms with Crippen molar-refractivity contribution >= 4 is 5.97 Å². The Labute approximate surface area is 75.3 Å². The third-order valence-corrected chi connectivity index (χ3v) is 2.67. The molecule has 0 aromatic heterocycles. The van der Waals surface area contributed by atoms with Crippen LogP contribution in [0.15, 0.2) is 0 Å². The zero-order valence-corrected chi connectivity index (χ0v) is 9.02. The van der Waals surface area contributed by atoms with Crippen LogP contribution in [0.3, 0.4) is 0 Å². The molecule has 0 aliphatic rings. The number of carbonyl (C=O) groups excluding carboxylic acids is 1. The van der Waals surface area contributed by atoms with Crippen LogP contribution in [-0.4, -0.2) is 12.6 Å². The molecule has 2 nitrogen and oxygen atoms in total. The minimum absolute atomic E-state index is 0.0265. The van der Waals surface area contributed by atoms with Crippen molar-refractivity contribution in [1.82, 2.24) is 0 Å². The van der Waals surface area contributed by atoms with Crippen molar-refractivity contribution in [3.8, 4) is 0 Å². The largest absolute Gasteiger partial charge is 0.465 e. The Morgan fingerprint density at radius 2 is 1.58 bits per heavy atom. The molecule has 0 aliphatic heterocycles. The molecule has 0 fully saturated rings. The maximum absolute atomic E-state index is 10.6. The molecular weight excluding hydrogens is 152 g/mol. The monoisotopic (exact) mass is 172 g/mol. The van der Waals surface area contributed by atoms with Crippen LogP contribution >= 0.6 is 0 Å². The predicted octanol–water partition coefficient (Wildman–Crippen LogP) is 2.62. The molecule has 0 aromatic carbocycles. The summed E-state index contributed by atoms with van der Waals surface area (Å²) in [6, 6.07) is 0. The molecule has 0 N–H and O–H groups in total. The fourth-order valence-corrected chi connectivity index (χ4v) is 0.499. The Morgan fingerprint density at radius 3 is 1.83 bits per heavy atom. The van der Waals surface area contributed by atoms with Gasteiger partial charge in [-0.1, -0.05) is 34.6 Å². The summed E-state index contributed by atoms with van der Waals surface area (Å²) >= 11 is 0. The quantitative estimate of drug-likeness (QED) is 0.598. The summed E-state index contributed by atoms with van der Waals surface area (Å²) < 4.78 is 4.99. The summed E-state index contributed by atoms with van der Waals surface area (Å²) in [6.07, 6.45) is 0. The summed E-state index contributed by atoms with van der Waals surface area (Å²) in [6.45, 7) is 12.6. The highest BCUT2D eigenvalue weighted by molar-refractivity contribution is 5.65. The van der Waals surface area contributed by atoms with Gasteiger partial charge in [-0.25, -0.2) is 0 Å². The molecule has 0 radical (unpaired) electrons. The van der Waals surface area contributed by atoms with Gasteiger partial charge in [0.25, 0.3) is 0 Å². The Kier molecular flexibility index (Phi) is 3.31. The zero-order chi connectivity index (χ0) is 9.99. The SMILES string of the molecule is CC(=O)OCC(C)(C)C(C)(C)C. The van der Waals surface area contributed by atoms with Gasteiger partial charge < -0.3 is 4.74 Å². The second-order valence-electron chi connectivity index (χ2n) is 4.91. The lowest BCUT2D eigenvalue weighted by atomic mass is 9.70. The van der Waals surface area contributed by atoms with E-state index in [1.807, 2.05) is 0 Å². The lowest BCUT2D eigenvalue weighted by Crippen LogP contribution is -2.34. The van der Waals surface area contributed by atoms with Gasteiger partial charge >= 0.3 is 5.97 Å². The maximum Gasteiger partial charge on any atom is 0.302 e. The Balaban J connectivity index is 4.14. The molecule has 0 bridgehead atoms. The van der Waals surface area contributed by atoms with Gasteiger partial charge in [-0.3, -0.25) is 4.79 Å². The first-order valence-electron chi connectivity index (χ1n) is 4.30. The fraction of sp³-hybridized carbons (Fsp3) is 0.900. The summed E-state index contributed by atoms with van der Waals surface area (Å²) in [5.41, 5.74) is 0.182. The van der Waals surface area contributed by atoms with Gasteiger partial charge in [-0.05, 0) is 5.41 Å². The highest BCUT2D eigenvalue weighted by Crippen LogP contribution is 2.37. The van der Waals surface area contributed by atoms with Gasteiger partial charge in [0.05, 0.1) is 6.61 Å². The van der Waals surface area contributed by atoms with Crippen LogP contribution in [0, 0.1) is 10.8 Å². The molecule has 72 valence electrons. The van der Waals surface area contributed by atoms with E-state index in [4.69, 9.17) is 4.74 Å². The van der Waals surface area contributed by atoms with Crippen LogP contribution in [0.25, 0.3) is 0 Å². The molecule has 0 saturated carbocycles. The Bertz CT molecular complexity index is 163. The number of rotatable bonds is 2. The molecule has 0 unspecified atom stereocenters. The molecule has 0 saturated heterocycles. The minimum Gasteiger partial charge on any atom is -0.465 e. The minimum atomic E-state index is -0.202. The van der Waals surface area contributed by atoms with Crippen LogP contribution in [0.1, 0.15) is 41.5 Å². The number of hydrogen-bond acceptors (Lipinski definition) is 2. The Hall–Kier alpha value is -0.530. The van der Waals surface area contributed by atoms with Gasteiger partial charge in [-0.2, -0.15) is 0 Å². The van der Waals surface area contributed by atoms with E-state index < -0.39 is 0 Å². The number of ether oxygens (including phenoxy) is 1. The van der Waals surface area contributed by atoms with E-state index in [9.17, 15) is 4.79 Å². The van der Waals surface area contributed by atoms with Gasteiger partial charge in [0.15, 0.2) is 0 Å². The van der Waals surface area contributed by atoms with Crippen LogP contribution in [0.4, 0.5) is 0 Å². The van der Waals surface area contributed by atoms with Crippen molar-refractivity contribution in [2.24, 2.45) is 10.8 Å². The molecule has 0 amide bonds. The second-order valence-corrected chi connectivity index (χ2v) is 4.91. The van der Waals surface area contributed by atoms with E-state index in [1.165, 1.54) is 6.92 Å². The average molecular weight is 172 g/mol. The molecule has 0 spiro atoms. The van der Waals surface area contributed by atoms with Crippen molar-refractivity contribution in [2.75, 3.05) is 6.61 Å². The molecule has 0 heterocycles. The highest BCUT2D eigenvalue weighted by atomic mass is 16.5. The van der Waals surface area contributed by atoms with E-state index in [2.05, 4.69) is 34.6 Å². The van der Waals surface area contributed by atoms with E-state index in [1.54, 1.807) is 0 Å². The highest BCUT2D eigenvalue weighted by Gasteiger charge is 2.33. The van der Waals surface area contributed by atoms with Crippen molar-refractivity contribution in [3.63, 3.8) is 0 Å². The third kappa shape index (κ3) is 3.24. The summed E-state index contributed by atoms with van der Waals surface area (Å²) in [7, 11) is 0. The van der Waals surface area contributed by atoms with Crippen LogP contribution in [0.5, 0.6) is 0 Å². The number of carbonyl (C=O) groups is 1. The first-order valence-corrected chi connectivity index (χ1v) is 4.30. The van der Waals surface area contributed by atoms with E-state index >= 15 is 0 Å². The lowest BCUT2D eigenvalue weighted by Gasteiger charge is -2.37. The molecule has 2 heteroatoms. The van der Waals surface area contributed by atoms with Crippen LogP contribution < -0.4 is 0 Å². The normalized spacial score (nSPS) is 12.8. The standard InChI is InChI=1S/C10H20O2/c1-8(11)12-7-10(5,6)9(2,3)4/h7H2,1-6H3. The molecule has 0 atom stereocenters. The average Bonchev–Trinajstić information content (AvgIpc) is 1.81. The topological polar surface area (TPSA) is 26.3 Å². The second kappa shape index (κ2) is 3.46. The van der Waals surface area contributed by atoms with E-state index in [0.29, 0.717) is 6.61 Å². The first-order chi connectivity index (χ1) is 5.17. The van der Waals surface area contributed by atoms with Crippen molar-refractivity contribution in [2.45, 2.75) is 41.5 Å². The smallest absolute Gasteiger partial charge is 0.302 e. The molecule has 0 aliphatic carbocycles. The fourth-order valence-electron chi connectivity index (χ4n) is 0.499. The summed E-state index contributed by atoms with van der Waals surface area (Å²) in [5, 5.41) is 0. The maximum atomic E-state index is 10.6. The van der Waals surface area contributed by atoms with Crippen molar-refractivity contribution < 1.29 is 9.53 Å². The third-order valence-electron chi connectivity index (χ3n) is 2.67. The summed E-state index contributed by atoms with van der Waals surface area (Å²) in [4.78, 5) is 10.6. The Morgan fingerprint density at radius 1 is 1.17 bits per heavy atom. The molecule has 0 aromatic rings. The van der Waals surface area contributed by atoms with Gasteiger partial charge in [-0.15, -0.1) is 0 Å². The zero-order valence-electron chi connectivity index (χ0n) is 9.02. The molecule has 0 rings (SSSR count). The van der Waals surface area contributed by atoms with E-state index in [0.717, 1.165) is 0 Å². The van der Waals surface area contributed by atoms with E-state index in [-0.39, 0.29) is 16.8 Å².